The van der Waals surface area contributed by atoms with Gasteiger partial charge in [-0.05, 0) is 42.5 Å². The molecule has 0 aromatic heterocycles. The van der Waals surface area contributed by atoms with Crippen LogP contribution in [0, 0.1) is 5.92 Å². The molecule has 0 amide bonds. The second-order valence-corrected chi connectivity index (χ2v) is 7.81. The quantitative estimate of drug-likeness (QED) is 0.608. The fourth-order valence-corrected chi connectivity index (χ4v) is 4.14. The average Bonchev–Trinajstić information content (AvgIpc) is 2.38. The molecule has 0 saturated carbocycles. The Morgan fingerprint density at radius 3 is 2.05 bits per heavy atom. The van der Waals surface area contributed by atoms with Crippen LogP contribution in [-0.2, 0) is 0 Å². The summed E-state index contributed by atoms with van der Waals surface area (Å²) in [6.45, 7) is 9.12. The van der Waals surface area contributed by atoms with E-state index in [4.69, 9.17) is 0 Å². The summed E-state index contributed by atoms with van der Waals surface area (Å²) in [4.78, 5) is 2.63. The Morgan fingerprint density at radius 2 is 1.55 bits per heavy atom. The second kappa shape index (κ2) is 11.3. The van der Waals surface area contributed by atoms with Crippen LogP contribution in [0.5, 0.6) is 0 Å². The number of nitrogens with zero attached hydrogens (tertiary/aromatic N) is 1. The van der Waals surface area contributed by atoms with Crippen molar-refractivity contribution in [2.45, 2.75) is 32.7 Å². The van der Waals surface area contributed by atoms with Gasteiger partial charge in [0.05, 0.1) is 0 Å². The molecule has 1 fully saturated rings. The lowest BCUT2D eigenvalue weighted by molar-refractivity contribution is 0.159. The van der Waals surface area contributed by atoms with E-state index in [-0.39, 0.29) is 24.8 Å². The third-order valence-corrected chi connectivity index (χ3v) is 4.80. The standard InChI is InChI=1S/C16H24Br2N2.2ClH/c1-12(2)3-4-16(20-7-5-19-6-8-20)13-9-14(17)11-15(18)10-13;;/h9-12,16,19H,3-8H2,1-2H3;2*1H/t16-;;/m0../s1. The number of hydrogen-bond acceptors (Lipinski definition) is 2. The summed E-state index contributed by atoms with van der Waals surface area (Å²) >= 11 is 7.25. The number of benzene rings is 1. The predicted molar refractivity (Wildman–Crippen MR) is 108 cm³/mol. The minimum absolute atomic E-state index is 0. The number of halogens is 4. The minimum atomic E-state index is 0. The van der Waals surface area contributed by atoms with Crippen LogP contribution in [0.3, 0.4) is 0 Å². The molecule has 1 aliphatic heterocycles. The van der Waals surface area contributed by atoms with Crippen LogP contribution in [0.15, 0.2) is 27.1 Å². The van der Waals surface area contributed by atoms with E-state index in [0.29, 0.717) is 6.04 Å². The van der Waals surface area contributed by atoms with Crippen molar-refractivity contribution in [3.05, 3.63) is 32.7 Å². The van der Waals surface area contributed by atoms with Gasteiger partial charge in [0.2, 0.25) is 0 Å². The maximum atomic E-state index is 3.62. The first-order valence-electron chi connectivity index (χ1n) is 7.47. The fourth-order valence-electron chi connectivity index (χ4n) is 2.81. The van der Waals surface area contributed by atoms with Gasteiger partial charge in [0.15, 0.2) is 0 Å². The maximum Gasteiger partial charge on any atom is 0.0350 e. The van der Waals surface area contributed by atoms with Gasteiger partial charge in [-0.3, -0.25) is 4.90 Å². The Balaban J connectivity index is 0.00000220. The Bertz CT molecular complexity index is 418. The lowest BCUT2D eigenvalue weighted by Gasteiger charge is -2.36. The van der Waals surface area contributed by atoms with Crippen LogP contribution >= 0.6 is 56.7 Å². The van der Waals surface area contributed by atoms with E-state index in [0.717, 1.165) is 41.0 Å². The molecular formula is C16H26Br2Cl2N2. The molecule has 1 saturated heterocycles. The van der Waals surface area contributed by atoms with Crippen molar-refractivity contribution < 1.29 is 0 Å². The zero-order valence-corrected chi connectivity index (χ0v) is 18.0. The molecule has 1 aromatic carbocycles. The first-order valence-corrected chi connectivity index (χ1v) is 9.05. The fraction of sp³-hybridized carbons (Fsp3) is 0.625. The highest BCUT2D eigenvalue weighted by atomic mass is 79.9. The largest absolute Gasteiger partial charge is 0.314 e. The molecule has 1 aliphatic rings. The first kappa shape index (κ1) is 22.7. The van der Waals surface area contributed by atoms with Gasteiger partial charge in [-0.2, -0.15) is 0 Å². The topological polar surface area (TPSA) is 15.3 Å². The molecule has 1 aromatic rings. The molecule has 0 bridgehead atoms. The van der Waals surface area contributed by atoms with E-state index in [2.05, 4.69) is 74.1 Å². The van der Waals surface area contributed by atoms with Gasteiger partial charge >= 0.3 is 0 Å². The average molecular weight is 477 g/mol. The first-order chi connectivity index (χ1) is 9.56. The Kier molecular flexibility index (Phi) is 11.6. The van der Waals surface area contributed by atoms with Crippen LogP contribution < -0.4 is 5.32 Å². The highest BCUT2D eigenvalue weighted by molar-refractivity contribution is 9.11. The van der Waals surface area contributed by atoms with E-state index in [1.807, 2.05) is 0 Å². The summed E-state index contributed by atoms with van der Waals surface area (Å²) in [6, 6.07) is 7.20. The number of hydrogen-bond donors (Lipinski definition) is 1. The van der Waals surface area contributed by atoms with E-state index in [1.54, 1.807) is 0 Å². The predicted octanol–water partition coefficient (Wildman–Crippen LogP) is 5.44. The van der Waals surface area contributed by atoms with Gasteiger partial charge in [0, 0.05) is 41.2 Å². The maximum absolute atomic E-state index is 3.62. The summed E-state index contributed by atoms with van der Waals surface area (Å²) in [5, 5.41) is 3.45. The molecule has 0 radical (unpaired) electrons. The molecule has 6 heteroatoms. The molecule has 2 rings (SSSR count). The van der Waals surface area contributed by atoms with E-state index in [9.17, 15) is 0 Å². The molecule has 0 aliphatic carbocycles. The van der Waals surface area contributed by atoms with Crippen LogP contribution in [0.4, 0.5) is 0 Å². The normalized spacial score (nSPS) is 16.8. The zero-order valence-electron chi connectivity index (χ0n) is 13.1. The van der Waals surface area contributed by atoms with E-state index < -0.39 is 0 Å². The molecule has 1 N–H and O–H groups in total. The SMILES string of the molecule is CC(C)CC[C@@H](c1cc(Br)cc(Br)c1)N1CCNCC1.Cl.Cl. The van der Waals surface area contributed by atoms with Crippen molar-refractivity contribution in [1.82, 2.24) is 10.2 Å². The number of nitrogens with one attached hydrogen (secondary N) is 1. The Labute approximate surface area is 163 Å². The lowest BCUT2D eigenvalue weighted by atomic mass is 9.96. The molecule has 1 atom stereocenters. The van der Waals surface area contributed by atoms with Gasteiger partial charge in [-0.1, -0.05) is 45.7 Å². The van der Waals surface area contributed by atoms with Crippen molar-refractivity contribution in [1.29, 1.82) is 0 Å². The van der Waals surface area contributed by atoms with Gasteiger partial charge in [-0.25, -0.2) is 0 Å². The van der Waals surface area contributed by atoms with Crippen LogP contribution in [0.2, 0.25) is 0 Å². The minimum Gasteiger partial charge on any atom is -0.314 e. The number of rotatable bonds is 5. The third kappa shape index (κ3) is 7.06. The van der Waals surface area contributed by atoms with Crippen LogP contribution in [0.25, 0.3) is 0 Å². The molecule has 0 spiro atoms. The zero-order chi connectivity index (χ0) is 14.5. The van der Waals surface area contributed by atoms with Gasteiger partial charge in [-0.15, -0.1) is 24.8 Å². The molecule has 0 unspecified atom stereocenters. The smallest absolute Gasteiger partial charge is 0.0350 e. The van der Waals surface area contributed by atoms with Gasteiger partial charge in [0.25, 0.3) is 0 Å². The summed E-state index contributed by atoms with van der Waals surface area (Å²) in [5.74, 6) is 0.760. The molecule has 128 valence electrons. The van der Waals surface area contributed by atoms with Crippen molar-refractivity contribution >= 4 is 56.7 Å². The van der Waals surface area contributed by atoms with E-state index >= 15 is 0 Å². The third-order valence-electron chi connectivity index (χ3n) is 3.88. The highest BCUT2D eigenvalue weighted by Gasteiger charge is 2.22. The second-order valence-electron chi connectivity index (χ2n) is 5.98. The molecule has 1 heterocycles. The number of piperazine rings is 1. The van der Waals surface area contributed by atoms with Crippen LogP contribution in [0.1, 0.15) is 38.3 Å². The summed E-state index contributed by atoms with van der Waals surface area (Å²) in [5.41, 5.74) is 1.42. The molecule has 2 nitrogen and oxygen atoms in total. The van der Waals surface area contributed by atoms with Crippen molar-refractivity contribution in [2.75, 3.05) is 26.2 Å². The van der Waals surface area contributed by atoms with Crippen molar-refractivity contribution in [2.24, 2.45) is 5.92 Å². The van der Waals surface area contributed by atoms with Crippen molar-refractivity contribution in [3.63, 3.8) is 0 Å². The molecule has 22 heavy (non-hydrogen) atoms. The lowest BCUT2D eigenvalue weighted by Crippen LogP contribution is -2.45. The van der Waals surface area contributed by atoms with Gasteiger partial charge < -0.3 is 5.32 Å². The highest BCUT2D eigenvalue weighted by Crippen LogP contribution is 2.31. The van der Waals surface area contributed by atoms with Crippen LogP contribution in [-0.4, -0.2) is 31.1 Å². The Hall–Kier alpha value is 0.680. The van der Waals surface area contributed by atoms with Crippen molar-refractivity contribution in [3.8, 4) is 0 Å². The summed E-state index contributed by atoms with van der Waals surface area (Å²) < 4.78 is 2.32. The van der Waals surface area contributed by atoms with E-state index in [1.165, 1.54) is 18.4 Å². The van der Waals surface area contributed by atoms with Gasteiger partial charge in [0.1, 0.15) is 0 Å². The summed E-state index contributed by atoms with van der Waals surface area (Å²) in [6.07, 6.45) is 2.51. The Morgan fingerprint density at radius 1 is 1.00 bits per heavy atom. The monoisotopic (exact) mass is 474 g/mol. The molecular weight excluding hydrogens is 451 g/mol. The summed E-state index contributed by atoms with van der Waals surface area (Å²) in [7, 11) is 0.